The largest absolute Gasteiger partial charge is 0.351 e. The normalized spacial score (nSPS) is 23.3. The number of benzene rings is 1. The van der Waals surface area contributed by atoms with E-state index < -0.39 is 6.04 Å². The summed E-state index contributed by atoms with van der Waals surface area (Å²) in [5.74, 6) is -0.369. The minimum atomic E-state index is -0.737. The number of hydrogen-bond acceptors (Lipinski definition) is 5. The van der Waals surface area contributed by atoms with E-state index in [9.17, 15) is 14.4 Å². The summed E-state index contributed by atoms with van der Waals surface area (Å²) in [6.07, 6.45) is 4.30. The average Bonchev–Trinajstić information content (AvgIpc) is 3.41. The van der Waals surface area contributed by atoms with Crippen LogP contribution in [0.3, 0.4) is 0 Å². The lowest BCUT2D eigenvalue weighted by molar-refractivity contribution is -0.134. The van der Waals surface area contributed by atoms with Crippen molar-refractivity contribution in [3.8, 4) is 0 Å². The van der Waals surface area contributed by atoms with E-state index in [1.807, 2.05) is 0 Å². The molecule has 2 heterocycles. The molecule has 3 amide bonds. The van der Waals surface area contributed by atoms with Crippen LogP contribution >= 0.6 is 11.8 Å². The van der Waals surface area contributed by atoms with Crippen molar-refractivity contribution in [3.63, 3.8) is 0 Å². The smallest absolute Gasteiger partial charge is 0.289 e. The van der Waals surface area contributed by atoms with Crippen molar-refractivity contribution in [2.24, 2.45) is 0 Å². The van der Waals surface area contributed by atoms with E-state index in [1.54, 1.807) is 6.92 Å². The third-order valence-corrected chi connectivity index (χ3v) is 7.36. The van der Waals surface area contributed by atoms with Crippen LogP contribution in [0.4, 0.5) is 4.79 Å². The molecule has 3 aliphatic rings. The van der Waals surface area contributed by atoms with Gasteiger partial charge >= 0.3 is 0 Å². The van der Waals surface area contributed by atoms with Crippen molar-refractivity contribution < 1.29 is 14.4 Å². The van der Waals surface area contributed by atoms with Crippen LogP contribution in [0.5, 0.6) is 0 Å². The fraction of sp³-hybridized carbons (Fsp3) is 0.591. The van der Waals surface area contributed by atoms with E-state index >= 15 is 0 Å². The second-order valence-corrected chi connectivity index (χ2v) is 9.63. The predicted molar refractivity (Wildman–Crippen MR) is 114 cm³/mol. The van der Waals surface area contributed by atoms with E-state index in [1.165, 1.54) is 24.0 Å². The molecular formula is C22H29N3O3S. The van der Waals surface area contributed by atoms with E-state index in [-0.39, 0.29) is 28.8 Å². The van der Waals surface area contributed by atoms with Gasteiger partial charge in [-0.25, -0.2) is 0 Å². The van der Waals surface area contributed by atoms with Crippen LogP contribution in [-0.4, -0.2) is 64.3 Å². The summed E-state index contributed by atoms with van der Waals surface area (Å²) in [6, 6.07) is 8.32. The molecule has 29 heavy (non-hydrogen) atoms. The Labute approximate surface area is 176 Å². The van der Waals surface area contributed by atoms with Gasteiger partial charge in [-0.3, -0.25) is 19.3 Å². The number of nitrogens with one attached hydrogen (secondary N) is 1. The first-order valence-corrected chi connectivity index (χ1v) is 11.5. The number of aryl methyl sites for hydroxylation is 1. The Morgan fingerprint density at radius 2 is 1.86 bits per heavy atom. The zero-order valence-electron chi connectivity index (χ0n) is 17.1. The lowest BCUT2D eigenvalue weighted by atomic mass is 9.93. The van der Waals surface area contributed by atoms with Crippen LogP contribution in [0.25, 0.3) is 0 Å². The molecule has 2 saturated heterocycles. The lowest BCUT2D eigenvalue weighted by Gasteiger charge is -2.35. The minimum Gasteiger partial charge on any atom is -0.351 e. The lowest BCUT2D eigenvalue weighted by Crippen LogP contribution is -2.52. The molecule has 156 valence electrons. The van der Waals surface area contributed by atoms with Crippen LogP contribution in [0.1, 0.15) is 43.7 Å². The van der Waals surface area contributed by atoms with Gasteiger partial charge < -0.3 is 10.2 Å². The van der Waals surface area contributed by atoms with Crippen LogP contribution in [0.15, 0.2) is 24.3 Å². The average molecular weight is 416 g/mol. The van der Waals surface area contributed by atoms with Gasteiger partial charge in [-0.15, -0.1) is 0 Å². The molecule has 3 fully saturated rings. The van der Waals surface area contributed by atoms with Crippen molar-refractivity contribution in [3.05, 3.63) is 35.4 Å². The molecule has 7 heteroatoms. The Balaban J connectivity index is 1.26. The zero-order valence-corrected chi connectivity index (χ0v) is 18.0. The standard InChI is InChI=1S/C22H29N3O3S/c1-15-3-5-17(6-4-15)22(9-10-22)14-24-11-7-18(8-12-24)23-20(27)16(2)25-19(26)13-29-21(25)28/h3-6,16,18H,7-14H2,1-2H3,(H,23,27). The van der Waals surface area contributed by atoms with Gasteiger partial charge in [-0.2, -0.15) is 0 Å². The van der Waals surface area contributed by atoms with Crippen molar-refractivity contribution in [1.29, 1.82) is 0 Å². The van der Waals surface area contributed by atoms with E-state index in [0.29, 0.717) is 5.41 Å². The number of carbonyl (C=O) groups is 3. The van der Waals surface area contributed by atoms with Crippen LogP contribution < -0.4 is 5.32 Å². The Morgan fingerprint density at radius 3 is 2.41 bits per heavy atom. The third-order valence-electron chi connectivity index (χ3n) is 6.53. The molecule has 1 N–H and O–H groups in total. The highest BCUT2D eigenvalue weighted by Crippen LogP contribution is 2.49. The third kappa shape index (κ3) is 4.36. The minimum absolute atomic E-state index is 0.108. The molecule has 1 aliphatic carbocycles. The SMILES string of the molecule is Cc1ccc(C2(CN3CCC(NC(=O)C(C)N4C(=O)CSC4=O)CC3)CC2)cc1. The molecular weight excluding hydrogens is 386 g/mol. The van der Waals surface area contributed by atoms with Crippen LogP contribution in [0.2, 0.25) is 0 Å². The molecule has 1 unspecified atom stereocenters. The van der Waals surface area contributed by atoms with Crippen LogP contribution in [-0.2, 0) is 15.0 Å². The van der Waals surface area contributed by atoms with E-state index in [4.69, 9.17) is 0 Å². The van der Waals surface area contributed by atoms with Gasteiger partial charge in [0.05, 0.1) is 5.75 Å². The molecule has 0 radical (unpaired) electrons. The maximum Gasteiger partial charge on any atom is 0.289 e. The highest BCUT2D eigenvalue weighted by Gasteiger charge is 2.45. The van der Waals surface area contributed by atoms with Gasteiger partial charge in [-0.1, -0.05) is 41.6 Å². The Bertz CT molecular complexity index is 782. The highest BCUT2D eigenvalue weighted by molar-refractivity contribution is 8.14. The molecule has 1 aromatic carbocycles. The monoisotopic (exact) mass is 415 g/mol. The topological polar surface area (TPSA) is 69.7 Å². The predicted octanol–water partition coefficient (Wildman–Crippen LogP) is 2.69. The highest BCUT2D eigenvalue weighted by atomic mass is 32.2. The van der Waals surface area contributed by atoms with Crippen molar-refractivity contribution in [2.45, 2.75) is 57.0 Å². The molecule has 1 atom stereocenters. The summed E-state index contributed by atoms with van der Waals surface area (Å²) in [5.41, 5.74) is 3.06. The van der Waals surface area contributed by atoms with Gasteiger partial charge in [0, 0.05) is 31.1 Å². The quantitative estimate of drug-likeness (QED) is 0.774. The number of rotatable bonds is 6. The number of carbonyl (C=O) groups excluding carboxylic acids is 3. The molecule has 6 nitrogen and oxygen atoms in total. The molecule has 0 spiro atoms. The summed E-state index contributed by atoms with van der Waals surface area (Å²) in [4.78, 5) is 39.8. The van der Waals surface area contributed by atoms with Crippen molar-refractivity contribution in [1.82, 2.24) is 15.1 Å². The molecule has 1 saturated carbocycles. The Hall–Kier alpha value is -1.86. The van der Waals surface area contributed by atoms with Gasteiger partial charge in [0.25, 0.3) is 5.24 Å². The maximum atomic E-state index is 12.5. The molecule has 1 aromatic rings. The summed E-state index contributed by atoms with van der Waals surface area (Å²) in [5, 5.41) is 2.73. The van der Waals surface area contributed by atoms with Gasteiger partial charge in [-0.05, 0) is 45.1 Å². The number of thioether (sulfide) groups is 1. The van der Waals surface area contributed by atoms with Gasteiger partial charge in [0.1, 0.15) is 6.04 Å². The first-order chi connectivity index (χ1) is 13.9. The Morgan fingerprint density at radius 1 is 1.21 bits per heavy atom. The first kappa shape index (κ1) is 20.4. The number of likely N-dealkylation sites (tertiary alicyclic amines) is 1. The number of imide groups is 1. The fourth-order valence-electron chi connectivity index (χ4n) is 4.44. The number of piperidine rings is 1. The van der Waals surface area contributed by atoms with Crippen molar-refractivity contribution in [2.75, 3.05) is 25.4 Å². The molecule has 0 bridgehead atoms. The summed E-state index contributed by atoms with van der Waals surface area (Å²) in [6.45, 7) is 6.76. The van der Waals surface area contributed by atoms with Crippen LogP contribution in [0, 0.1) is 6.92 Å². The second-order valence-electron chi connectivity index (χ2n) is 8.70. The molecule has 4 rings (SSSR count). The molecule has 2 aliphatic heterocycles. The summed E-state index contributed by atoms with van der Waals surface area (Å²) < 4.78 is 0. The number of nitrogens with zero attached hydrogens (tertiary/aromatic N) is 2. The second kappa shape index (κ2) is 8.11. The van der Waals surface area contributed by atoms with Gasteiger partial charge in [0.2, 0.25) is 11.8 Å². The van der Waals surface area contributed by atoms with E-state index in [0.717, 1.165) is 49.1 Å². The number of amides is 3. The maximum absolute atomic E-state index is 12.5. The zero-order chi connectivity index (χ0) is 20.6. The fourth-order valence-corrected chi connectivity index (χ4v) is 5.22. The van der Waals surface area contributed by atoms with Gasteiger partial charge in [0.15, 0.2) is 0 Å². The first-order valence-electron chi connectivity index (χ1n) is 10.5. The van der Waals surface area contributed by atoms with E-state index in [2.05, 4.69) is 41.4 Å². The van der Waals surface area contributed by atoms with Crippen molar-refractivity contribution >= 4 is 28.8 Å². The Kier molecular flexibility index (Phi) is 5.71. The number of hydrogen-bond donors (Lipinski definition) is 1. The molecule has 0 aromatic heterocycles. The summed E-state index contributed by atoms with van der Waals surface area (Å²) >= 11 is 0.966. The summed E-state index contributed by atoms with van der Waals surface area (Å²) in [7, 11) is 0.